The quantitative estimate of drug-likeness (QED) is 0.565. The van der Waals surface area contributed by atoms with Gasteiger partial charge in [-0.05, 0) is 34.2 Å². The van der Waals surface area contributed by atoms with Crippen molar-refractivity contribution in [3.05, 3.63) is 72.3 Å². The first-order valence-corrected chi connectivity index (χ1v) is 11.2. The lowest BCUT2D eigenvalue weighted by Crippen LogP contribution is -2.52. The molecule has 1 aliphatic heterocycles. The number of hydrogen-bond acceptors (Lipinski definition) is 6. The molecule has 0 saturated carbocycles. The van der Waals surface area contributed by atoms with Gasteiger partial charge in [0.05, 0.1) is 4.90 Å². The van der Waals surface area contributed by atoms with Gasteiger partial charge >= 0.3 is 0 Å². The lowest BCUT2D eigenvalue weighted by Gasteiger charge is -2.35. The zero-order valence-corrected chi connectivity index (χ0v) is 17.4. The summed E-state index contributed by atoms with van der Waals surface area (Å²) in [6, 6.07) is 13.8. The van der Waals surface area contributed by atoms with Crippen LogP contribution >= 0.6 is 0 Å². The SMILES string of the molecule is O=C(C(Cc1ccccc1)n1cnnn1)N1CCN(S(=O)(=O)c2cccc(F)c2)CC1. The number of nitrogens with zero attached hydrogens (tertiary/aromatic N) is 6. The maximum absolute atomic E-state index is 13.5. The number of hydrogen-bond donors (Lipinski definition) is 0. The Morgan fingerprint density at radius 2 is 1.77 bits per heavy atom. The summed E-state index contributed by atoms with van der Waals surface area (Å²) in [5.41, 5.74) is 0.962. The molecule has 1 saturated heterocycles. The highest BCUT2D eigenvalue weighted by atomic mass is 32.2. The van der Waals surface area contributed by atoms with E-state index in [0.717, 1.165) is 11.6 Å². The summed E-state index contributed by atoms with van der Waals surface area (Å²) in [5, 5.41) is 11.2. The number of carbonyl (C=O) groups excluding carboxylic acids is 1. The average Bonchev–Trinajstić information content (AvgIpc) is 3.32. The van der Waals surface area contributed by atoms with Crippen LogP contribution in [-0.4, -0.2) is 69.9 Å². The van der Waals surface area contributed by atoms with Crippen LogP contribution in [-0.2, 0) is 21.2 Å². The Bertz CT molecular complexity index is 1130. The van der Waals surface area contributed by atoms with Crippen LogP contribution < -0.4 is 0 Å². The Morgan fingerprint density at radius 1 is 1.03 bits per heavy atom. The number of amides is 1. The number of aromatic nitrogens is 4. The summed E-state index contributed by atoms with van der Waals surface area (Å²) >= 11 is 0. The van der Waals surface area contributed by atoms with Crippen molar-refractivity contribution in [2.75, 3.05) is 26.2 Å². The third-order valence-corrected chi connectivity index (χ3v) is 7.12. The molecule has 0 spiro atoms. The minimum Gasteiger partial charge on any atom is -0.338 e. The van der Waals surface area contributed by atoms with E-state index in [1.807, 2.05) is 30.3 Å². The van der Waals surface area contributed by atoms with E-state index in [1.165, 1.54) is 33.5 Å². The molecule has 31 heavy (non-hydrogen) atoms. The minimum atomic E-state index is -3.83. The van der Waals surface area contributed by atoms with Crippen molar-refractivity contribution in [1.82, 2.24) is 29.4 Å². The maximum Gasteiger partial charge on any atom is 0.248 e. The van der Waals surface area contributed by atoms with Crippen molar-refractivity contribution in [2.24, 2.45) is 0 Å². The summed E-state index contributed by atoms with van der Waals surface area (Å²) < 4.78 is 41.8. The van der Waals surface area contributed by atoms with Crippen LogP contribution in [0.2, 0.25) is 0 Å². The van der Waals surface area contributed by atoms with E-state index in [2.05, 4.69) is 15.5 Å². The fourth-order valence-corrected chi connectivity index (χ4v) is 5.03. The second kappa shape index (κ2) is 8.90. The molecule has 9 nitrogen and oxygen atoms in total. The summed E-state index contributed by atoms with van der Waals surface area (Å²) in [7, 11) is -3.83. The first-order chi connectivity index (χ1) is 14.9. The van der Waals surface area contributed by atoms with Crippen molar-refractivity contribution in [1.29, 1.82) is 0 Å². The fourth-order valence-electron chi connectivity index (χ4n) is 3.58. The summed E-state index contributed by atoms with van der Waals surface area (Å²) in [4.78, 5) is 14.8. The number of benzene rings is 2. The van der Waals surface area contributed by atoms with Crippen LogP contribution in [0.4, 0.5) is 4.39 Å². The molecule has 2 aromatic carbocycles. The van der Waals surface area contributed by atoms with E-state index in [-0.39, 0.29) is 37.0 Å². The Morgan fingerprint density at radius 3 is 2.42 bits per heavy atom. The molecule has 0 radical (unpaired) electrons. The van der Waals surface area contributed by atoms with Crippen molar-refractivity contribution >= 4 is 15.9 Å². The second-order valence-corrected chi connectivity index (χ2v) is 9.12. The van der Waals surface area contributed by atoms with Crippen LogP contribution in [0.15, 0.2) is 65.8 Å². The number of sulfonamides is 1. The molecule has 0 aliphatic carbocycles. The van der Waals surface area contributed by atoms with Crippen molar-refractivity contribution in [3.8, 4) is 0 Å². The molecule has 4 rings (SSSR count). The van der Waals surface area contributed by atoms with Gasteiger partial charge in [0.15, 0.2) is 0 Å². The Labute approximate surface area is 179 Å². The van der Waals surface area contributed by atoms with Crippen LogP contribution in [0.5, 0.6) is 0 Å². The predicted octanol–water partition coefficient (Wildman–Crippen LogP) is 1.13. The van der Waals surface area contributed by atoms with Gasteiger partial charge in [-0.25, -0.2) is 17.5 Å². The van der Waals surface area contributed by atoms with E-state index < -0.39 is 21.9 Å². The zero-order chi connectivity index (χ0) is 21.8. The van der Waals surface area contributed by atoms with Crippen LogP contribution in [0.1, 0.15) is 11.6 Å². The molecule has 162 valence electrons. The van der Waals surface area contributed by atoms with Gasteiger partial charge in [-0.1, -0.05) is 36.4 Å². The summed E-state index contributed by atoms with van der Waals surface area (Å²) in [6.07, 6.45) is 1.81. The van der Waals surface area contributed by atoms with Gasteiger partial charge < -0.3 is 4.90 Å². The fraction of sp³-hybridized carbons (Fsp3) is 0.300. The third kappa shape index (κ3) is 4.62. The third-order valence-electron chi connectivity index (χ3n) is 5.23. The number of piperazine rings is 1. The molecule has 0 bridgehead atoms. The topological polar surface area (TPSA) is 101 Å². The smallest absolute Gasteiger partial charge is 0.248 e. The molecule has 0 N–H and O–H groups in total. The van der Waals surface area contributed by atoms with Gasteiger partial charge in [0, 0.05) is 32.6 Å². The lowest BCUT2D eigenvalue weighted by atomic mass is 10.0. The number of tetrazole rings is 1. The van der Waals surface area contributed by atoms with E-state index in [1.54, 1.807) is 4.90 Å². The lowest BCUT2D eigenvalue weighted by molar-refractivity contribution is -0.136. The molecule has 1 atom stereocenters. The molecule has 1 unspecified atom stereocenters. The maximum atomic E-state index is 13.5. The van der Waals surface area contributed by atoms with Gasteiger partial charge in [0.25, 0.3) is 0 Å². The van der Waals surface area contributed by atoms with Gasteiger partial charge in [-0.2, -0.15) is 4.31 Å². The number of halogens is 1. The van der Waals surface area contributed by atoms with Gasteiger partial charge in [-0.3, -0.25) is 4.79 Å². The molecule has 11 heteroatoms. The monoisotopic (exact) mass is 444 g/mol. The van der Waals surface area contributed by atoms with Gasteiger partial charge in [0.1, 0.15) is 18.2 Å². The van der Waals surface area contributed by atoms with Crippen molar-refractivity contribution < 1.29 is 17.6 Å². The highest BCUT2D eigenvalue weighted by Crippen LogP contribution is 2.21. The predicted molar refractivity (Wildman–Crippen MR) is 109 cm³/mol. The largest absolute Gasteiger partial charge is 0.338 e. The minimum absolute atomic E-state index is 0.0945. The van der Waals surface area contributed by atoms with E-state index in [0.29, 0.717) is 6.42 Å². The first-order valence-electron chi connectivity index (χ1n) is 9.76. The summed E-state index contributed by atoms with van der Waals surface area (Å²) in [6.45, 7) is 0.693. The number of carbonyl (C=O) groups is 1. The summed E-state index contributed by atoms with van der Waals surface area (Å²) in [5.74, 6) is -0.793. The van der Waals surface area contributed by atoms with Crippen LogP contribution in [0.3, 0.4) is 0 Å². The highest BCUT2D eigenvalue weighted by molar-refractivity contribution is 7.89. The standard InChI is InChI=1S/C20H21FN6O3S/c21-17-7-4-8-18(14-17)31(29,30)26-11-9-25(10-12-26)20(28)19(27-15-22-23-24-27)13-16-5-2-1-3-6-16/h1-8,14-15,19H,9-13H2. The Kier molecular flexibility index (Phi) is 6.05. The normalized spacial score (nSPS) is 16.2. The average molecular weight is 444 g/mol. The van der Waals surface area contributed by atoms with Crippen molar-refractivity contribution in [3.63, 3.8) is 0 Å². The Balaban J connectivity index is 1.47. The molecular formula is C20H21FN6O3S. The molecule has 1 aliphatic rings. The molecule has 1 aromatic heterocycles. The number of rotatable bonds is 6. The molecular weight excluding hydrogens is 423 g/mol. The highest BCUT2D eigenvalue weighted by Gasteiger charge is 2.33. The van der Waals surface area contributed by atoms with Crippen molar-refractivity contribution in [2.45, 2.75) is 17.4 Å². The molecule has 2 heterocycles. The molecule has 1 fully saturated rings. The molecule has 1 amide bonds. The van der Waals surface area contributed by atoms with Crippen LogP contribution in [0, 0.1) is 5.82 Å². The van der Waals surface area contributed by atoms with Gasteiger partial charge in [-0.15, -0.1) is 5.10 Å². The van der Waals surface area contributed by atoms with E-state index in [9.17, 15) is 17.6 Å². The first kappa shape index (κ1) is 21.1. The van der Waals surface area contributed by atoms with Crippen LogP contribution in [0.25, 0.3) is 0 Å². The Hall–Kier alpha value is -3.18. The van der Waals surface area contributed by atoms with Gasteiger partial charge in [0.2, 0.25) is 15.9 Å². The molecule has 3 aromatic rings. The zero-order valence-electron chi connectivity index (χ0n) is 16.6. The van der Waals surface area contributed by atoms with E-state index in [4.69, 9.17) is 0 Å². The second-order valence-electron chi connectivity index (χ2n) is 7.18. The van der Waals surface area contributed by atoms with E-state index >= 15 is 0 Å².